The maximum Gasteiger partial charge on any atom is 0.416 e. The summed E-state index contributed by atoms with van der Waals surface area (Å²) in [6.07, 6.45) is 2.96. The summed E-state index contributed by atoms with van der Waals surface area (Å²) in [4.78, 5) is 18.8. The number of allylic oxidation sites excluding steroid dienone is 5. The van der Waals surface area contributed by atoms with Gasteiger partial charge in [0, 0.05) is 36.9 Å². The van der Waals surface area contributed by atoms with Crippen LogP contribution in [0.25, 0.3) is 17.5 Å². The van der Waals surface area contributed by atoms with Crippen LogP contribution in [0.1, 0.15) is 64.4 Å². The molecule has 4 unspecified atom stereocenters. The Labute approximate surface area is 282 Å². The summed E-state index contributed by atoms with van der Waals surface area (Å²) in [5.74, 6) is -0.693. The Kier molecular flexibility index (Phi) is 9.33. The molecule has 3 aromatic rings. The summed E-state index contributed by atoms with van der Waals surface area (Å²) >= 11 is 0. The minimum atomic E-state index is -4.49. The van der Waals surface area contributed by atoms with Crippen molar-refractivity contribution in [1.82, 2.24) is 34.8 Å². The van der Waals surface area contributed by atoms with E-state index in [1.807, 2.05) is 52.1 Å². The quantitative estimate of drug-likeness (QED) is 0.187. The molecule has 6 rings (SSSR count). The van der Waals surface area contributed by atoms with E-state index in [2.05, 4.69) is 20.8 Å². The fraction of sp³-hybridized carbons (Fsp3) is 0.471. The Hall–Kier alpha value is -4.63. The average Bonchev–Trinajstić information content (AvgIpc) is 3.67. The second kappa shape index (κ2) is 13.3. The van der Waals surface area contributed by atoms with E-state index in [1.54, 1.807) is 38.7 Å². The average molecular weight is 682 g/mol. The number of hydrogen-bond acceptors (Lipinski definition) is 9. The highest BCUT2D eigenvalue weighted by Crippen LogP contribution is 2.47. The zero-order valence-corrected chi connectivity index (χ0v) is 27.9. The lowest BCUT2D eigenvalue weighted by Gasteiger charge is -2.35. The van der Waals surface area contributed by atoms with E-state index in [0.717, 1.165) is 23.0 Å². The number of halogens is 3. The number of amides is 1. The highest BCUT2D eigenvalue weighted by molar-refractivity contribution is 5.78. The number of ether oxygens (including phenoxy) is 1. The third-order valence-electron chi connectivity index (χ3n) is 9.02. The van der Waals surface area contributed by atoms with Crippen molar-refractivity contribution in [1.29, 1.82) is 0 Å². The first kappa shape index (κ1) is 34.2. The number of aliphatic hydroxyl groups is 1. The van der Waals surface area contributed by atoms with Gasteiger partial charge in [0.15, 0.2) is 6.35 Å². The Balaban J connectivity index is 1.25. The van der Waals surface area contributed by atoms with Gasteiger partial charge in [-0.05, 0) is 87.8 Å². The number of anilines is 2. The van der Waals surface area contributed by atoms with Crippen molar-refractivity contribution in [2.24, 2.45) is 11.8 Å². The van der Waals surface area contributed by atoms with Crippen molar-refractivity contribution < 1.29 is 27.8 Å². The number of fused-ring (bicyclic) bond motifs is 1. The van der Waals surface area contributed by atoms with Gasteiger partial charge in [-0.2, -0.15) is 23.3 Å². The summed E-state index contributed by atoms with van der Waals surface area (Å²) in [5, 5.41) is 26.1. The summed E-state index contributed by atoms with van der Waals surface area (Å²) in [6.45, 7) is 8.38. The summed E-state index contributed by atoms with van der Waals surface area (Å²) in [5.41, 5.74) is 7.58. The number of aliphatic hydroxyl groups excluding tert-OH is 1. The number of nitrogen functional groups attached to an aromatic ring is 1. The maximum atomic E-state index is 13.9. The van der Waals surface area contributed by atoms with E-state index >= 15 is 0 Å². The molecule has 4 atom stereocenters. The van der Waals surface area contributed by atoms with Crippen molar-refractivity contribution in [3.63, 3.8) is 0 Å². The smallest absolute Gasteiger partial charge is 0.416 e. The Morgan fingerprint density at radius 3 is 2.51 bits per heavy atom. The molecule has 0 bridgehead atoms. The molecule has 49 heavy (non-hydrogen) atoms. The SMILES string of the molecule is CC1C(c2ccnn2-c2ccc(N)cc2)=Cn2nc(NC(O)NC3CCN(C(=O)OC(C)(C)C)CC3)nc2C1C1C=C(C(F)(F)F)C=CC1. The first-order valence-corrected chi connectivity index (χ1v) is 16.4. The maximum absolute atomic E-state index is 13.9. The van der Waals surface area contributed by atoms with Gasteiger partial charge in [-0.3, -0.25) is 5.32 Å². The van der Waals surface area contributed by atoms with Crippen molar-refractivity contribution in [2.75, 3.05) is 24.1 Å². The molecule has 2 aromatic heterocycles. The molecule has 0 saturated carbocycles. The third kappa shape index (κ3) is 7.67. The number of benzene rings is 1. The van der Waals surface area contributed by atoms with Crippen LogP contribution in [0, 0.1) is 11.8 Å². The topological polar surface area (TPSA) is 148 Å². The molecular weight excluding hydrogens is 639 g/mol. The van der Waals surface area contributed by atoms with Gasteiger partial charge in [0.2, 0.25) is 5.95 Å². The van der Waals surface area contributed by atoms with Crippen molar-refractivity contribution in [3.05, 3.63) is 71.8 Å². The Morgan fingerprint density at radius 1 is 1.12 bits per heavy atom. The lowest BCUT2D eigenvalue weighted by molar-refractivity contribution is -0.0890. The number of nitrogens with one attached hydrogen (secondary N) is 2. The number of carbonyl (C=O) groups is 1. The van der Waals surface area contributed by atoms with E-state index < -0.39 is 35.5 Å². The lowest BCUT2D eigenvalue weighted by Crippen LogP contribution is -2.50. The molecule has 2 aliphatic heterocycles. The fourth-order valence-corrected chi connectivity index (χ4v) is 6.68. The van der Waals surface area contributed by atoms with Gasteiger partial charge >= 0.3 is 12.3 Å². The van der Waals surface area contributed by atoms with Crippen molar-refractivity contribution >= 4 is 29.5 Å². The van der Waals surface area contributed by atoms with Crippen molar-refractivity contribution in [3.8, 4) is 5.69 Å². The first-order valence-electron chi connectivity index (χ1n) is 16.4. The van der Waals surface area contributed by atoms with Crippen LogP contribution in [0.3, 0.4) is 0 Å². The van der Waals surface area contributed by atoms with Crippen LogP contribution in [0.5, 0.6) is 0 Å². The number of likely N-dealkylation sites (tertiary alicyclic amines) is 1. The minimum absolute atomic E-state index is 0.0914. The third-order valence-corrected chi connectivity index (χ3v) is 9.02. The van der Waals surface area contributed by atoms with E-state index in [9.17, 15) is 23.1 Å². The molecule has 5 N–H and O–H groups in total. The molecule has 1 aliphatic carbocycles. The van der Waals surface area contributed by atoms with Crippen LogP contribution in [-0.4, -0.2) is 77.9 Å². The molecule has 0 radical (unpaired) electrons. The standard InChI is InChI=1S/C34H42F3N9O3/c1-20-26(27-12-15-39-46(27)25-10-8-23(38)9-11-25)19-45-29(28(20)21-6-5-7-22(18-21)34(35,36)37)41-30(43-45)42-31(47)40-24-13-16-44(17-14-24)32(48)49-33(2,3)4/h5,7-12,15,18-21,24,28,31,40,47H,6,13-14,16-17,38H2,1-4H3,(H,42,43). The number of nitrogens with two attached hydrogens (primary N) is 1. The molecule has 4 heterocycles. The number of aromatic nitrogens is 5. The number of rotatable bonds is 7. The van der Waals surface area contributed by atoms with Crippen LogP contribution in [0.2, 0.25) is 0 Å². The van der Waals surface area contributed by atoms with E-state index in [4.69, 9.17) is 15.5 Å². The first-order chi connectivity index (χ1) is 23.2. The second-order valence-corrected chi connectivity index (χ2v) is 13.7. The molecule has 1 aromatic carbocycles. The highest BCUT2D eigenvalue weighted by Gasteiger charge is 2.41. The minimum Gasteiger partial charge on any atom is -0.444 e. The predicted molar refractivity (Wildman–Crippen MR) is 179 cm³/mol. The van der Waals surface area contributed by atoms with Crippen LogP contribution < -0.4 is 16.4 Å². The number of hydrogen-bond donors (Lipinski definition) is 4. The molecular formula is C34H42F3N9O3. The van der Waals surface area contributed by atoms with Gasteiger partial charge in [0.1, 0.15) is 11.4 Å². The van der Waals surface area contributed by atoms with E-state index in [0.29, 0.717) is 43.9 Å². The van der Waals surface area contributed by atoms with Gasteiger partial charge < -0.3 is 25.8 Å². The highest BCUT2D eigenvalue weighted by atomic mass is 19.4. The van der Waals surface area contributed by atoms with Gasteiger partial charge in [0.25, 0.3) is 0 Å². The van der Waals surface area contributed by atoms with Gasteiger partial charge in [-0.25, -0.2) is 14.2 Å². The molecule has 15 heteroatoms. The van der Waals surface area contributed by atoms with Crippen LogP contribution in [0.4, 0.5) is 29.6 Å². The predicted octanol–water partition coefficient (Wildman–Crippen LogP) is 5.52. The van der Waals surface area contributed by atoms with Gasteiger partial charge in [-0.1, -0.05) is 25.2 Å². The fourth-order valence-electron chi connectivity index (χ4n) is 6.68. The molecule has 1 amide bonds. The molecule has 0 spiro atoms. The second-order valence-electron chi connectivity index (χ2n) is 13.7. The summed E-state index contributed by atoms with van der Waals surface area (Å²) in [7, 11) is 0. The van der Waals surface area contributed by atoms with Crippen LogP contribution >= 0.6 is 0 Å². The number of piperidine rings is 1. The number of alkyl halides is 3. The molecule has 12 nitrogen and oxygen atoms in total. The van der Waals surface area contributed by atoms with Crippen LogP contribution in [-0.2, 0) is 4.74 Å². The monoisotopic (exact) mass is 681 g/mol. The number of nitrogens with zero attached hydrogens (tertiary/aromatic N) is 6. The normalized spacial score (nSPS) is 22.3. The van der Waals surface area contributed by atoms with Gasteiger partial charge in [-0.15, -0.1) is 5.10 Å². The largest absolute Gasteiger partial charge is 0.444 e. The molecule has 1 saturated heterocycles. The van der Waals surface area contributed by atoms with E-state index in [-0.39, 0.29) is 24.0 Å². The van der Waals surface area contributed by atoms with Crippen LogP contribution in [0.15, 0.2) is 60.3 Å². The zero-order valence-electron chi connectivity index (χ0n) is 27.9. The Morgan fingerprint density at radius 2 is 1.84 bits per heavy atom. The molecule has 262 valence electrons. The summed E-state index contributed by atoms with van der Waals surface area (Å²) in [6, 6.07) is 9.01. The Bertz CT molecular complexity index is 1750. The lowest BCUT2D eigenvalue weighted by atomic mass is 9.73. The summed E-state index contributed by atoms with van der Waals surface area (Å²) < 4.78 is 50.4. The zero-order chi connectivity index (χ0) is 35.1. The van der Waals surface area contributed by atoms with Crippen molar-refractivity contribution in [2.45, 2.75) is 77.0 Å². The van der Waals surface area contributed by atoms with Gasteiger partial charge in [0.05, 0.1) is 23.2 Å². The molecule has 1 fully saturated rings. The van der Waals surface area contributed by atoms with E-state index in [1.165, 1.54) is 6.08 Å². The molecule has 3 aliphatic rings. The number of carbonyl (C=O) groups excluding carboxylic acids is 1.